The van der Waals surface area contributed by atoms with E-state index in [1.807, 2.05) is 61.5 Å². The summed E-state index contributed by atoms with van der Waals surface area (Å²) in [6.07, 6.45) is 0.648. The maximum atomic E-state index is 11.7. The van der Waals surface area contributed by atoms with E-state index in [9.17, 15) is 9.59 Å². The molecule has 0 aliphatic rings. The molecule has 0 saturated heterocycles. The van der Waals surface area contributed by atoms with Gasteiger partial charge in [0.15, 0.2) is 0 Å². The molecule has 0 spiro atoms. The Hall–Kier alpha value is -3.58. The predicted octanol–water partition coefficient (Wildman–Crippen LogP) is 3.23. The quantitative estimate of drug-likeness (QED) is 0.0927. The number of rotatable bonds is 21. The molecular formula is C33H47N3O8. The number of hydrogen-bond acceptors (Lipinski definition) is 10. The Balaban J connectivity index is 0.00000216. The summed E-state index contributed by atoms with van der Waals surface area (Å²) in [6.45, 7) is 7.59. The highest BCUT2D eigenvalue weighted by Crippen LogP contribution is 2.35. The first-order valence-corrected chi connectivity index (χ1v) is 14.8. The van der Waals surface area contributed by atoms with E-state index in [4.69, 9.17) is 39.9 Å². The van der Waals surface area contributed by atoms with Crippen molar-refractivity contribution in [3.63, 3.8) is 0 Å². The monoisotopic (exact) mass is 613 g/mol. The van der Waals surface area contributed by atoms with E-state index in [0.29, 0.717) is 72.4 Å². The van der Waals surface area contributed by atoms with E-state index in [2.05, 4.69) is 11.4 Å². The van der Waals surface area contributed by atoms with E-state index >= 15 is 0 Å². The molecule has 0 saturated carbocycles. The van der Waals surface area contributed by atoms with Crippen LogP contribution < -0.4 is 21.5 Å². The maximum Gasteiger partial charge on any atom is 0.307 e. The lowest BCUT2D eigenvalue weighted by Crippen LogP contribution is -2.23. The van der Waals surface area contributed by atoms with Crippen molar-refractivity contribution in [2.75, 3.05) is 79.7 Å². The average molecular weight is 614 g/mol. The first kappa shape index (κ1) is 36.6. The number of nitrogens with two attached hydrogens (primary N) is 2. The summed E-state index contributed by atoms with van der Waals surface area (Å²) in [7, 11) is 1.33. The minimum Gasteiger partial charge on any atom is -0.491 e. The van der Waals surface area contributed by atoms with Gasteiger partial charge in [-0.05, 0) is 34.7 Å². The van der Waals surface area contributed by atoms with Gasteiger partial charge in [-0.3, -0.25) is 9.59 Å². The third-order valence-electron chi connectivity index (χ3n) is 6.24. The largest absolute Gasteiger partial charge is 0.491 e. The van der Waals surface area contributed by atoms with Crippen LogP contribution in [0.15, 0.2) is 60.7 Å². The van der Waals surface area contributed by atoms with Crippen LogP contribution in [0.4, 0.5) is 0 Å². The highest BCUT2D eigenvalue weighted by atomic mass is 16.6. The number of esters is 1. The number of benzene rings is 3. The van der Waals surface area contributed by atoms with Crippen LogP contribution in [0.5, 0.6) is 5.75 Å². The van der Waals surface area contributed by atoms with Crippen molar-refractivity contribution >= 4 is 23.2 Å². The second kappa shape index (κ2) is 22.9. The molecule has 3 aromatic rings. The van der Waals surface area contributed by atoms with Crippen molar-refractivity contribution in [3.8, 4) is 16.9 Å². The van der Waals surface area contributed by atoms with Gasteiger partial charge in [-0.1, -0.05) is 61.5 Å². The number of carbonyl (C=O) groups excluding carboxylic acids is 2. The Morgan fingerprint density at radius 2 is 1.32 bits per heavy atom. The number of carbonyl (C=O) groups is 2. The highest BCUT2D eigenvalue weighted by Gasteiger charge is 2.16. The highest BCUT2D eigenvalue weighted by molar-refractivity contribution is 6.00. The number of fused-ring (bicyclic) bond motifs is 1. The summed E-state index contributed by atoms with van der Waals surface area (Å²) >= 11 is 0. The van der Waals surface area contributed by atoms with Crippen LogP contribution in [0.1, 0.15) is 24.9 Å². The average Bonchev–Trinajstić information content (AvgIpc) is 3.05. The van der Waals surface area contributed by atoms with E-state index < -0.39 is 12.0 Å². The van der Waals surface area contributed by atoms with Crippen LogP contribution >= 0.6 is 0 Å². The molecule has 44 heavy (non-hydrogen) atoms. The topological polar surface area (TPSA) is 154 Å². The standard InChI is InChI=1S/C31H40N2O8.C2H7N/c1-36-31(35)22-29(33-23-34)25-8-6-24(7-9-25)26-10-11-30(28-5-3-2-4-27(26)28)41-21-20-40-19-18-39-17-16-38-15-14-37-13-12-32;1-2-3/h2-11,23,29H,12-22,32H2,1H3,(H,33,34);2-3H2,1H3. The van der Waals surface area contributed by atoms with Crippen LogP contribution in [-0.2, 0) is 33.3 Å². The van der Waals surface area contributed by atoms with Crippen molar-refractivity contribution < 1.29 is 38.0 Å². The third kappa shape index (κ3) is 13.4. The SMILES string of the molecule is CCN.COC(=O)CC(NC=O)c1ccc(-c2ccc(OCCOCCOCCOCCOCCN)c3ccccc23)cc1. The molecule has 1 unspecified atom stereocenters. The normalized spacial score (nSPS) is 11.4. The Morgan fingerprint density at radius 1 is 0.773 bits per heavy atom. The number of ether oxygens (including phenoxy) is 6. The van der Waals surface area contributed by atoms with Gasteiger partial charge >= 0.3 is 5.97 Å². The molecule has 1 amide bonds. The predicted molar refractivity (Wildman–Crippen MR) is 171 cm³/mol. The molecule has 0 aliphatic heterocycles. The van der Waals surface area contributed by atoms with Crippen LogP contribution in [-0.4, -0.2) is 92.0 Å². The molecule has 11 nitrogen and oxygen atoms in total. The number of hydrogen-bond donors (Lipinski definition) is 3. The second-order valence-corrected chi connectivity index (χ2v) is 9.39. The number of nitrogens with one attached hydrogen (secondary N) is 1. The molecule has 5 N–H and O–H groups in total. The molecule has 0 fully saturated rings. The van der Waals surface area contributed by atoms with Gasteiger partial charge in [0.05, 0.1) is 72.4 Å². The summed E-state index contributed by atoms with van der Waals surface area (Å²) in [5, 5.41) is 4.74. The van der Waals surface area contributed by atoms with Gasteiger partial charge in [0, 0.05) is 11.9 Å². The lowest BCUT2D eigenvalue weighted by molar-refractivity contribution is -0.141. The lowest BCUT2D eigenvalue weighted by atomic mass is 9.95. The summed E-state index contributed by atoms with van der Waals surface area (Å²) in [6, 6.07) is 19.4. The summed E-state index contributed by atoms with van der Waals surface area (Å²) < 4.78 is 32.6. The third-order valence-corrected chi connectivity index (χ3v) is 6.24. The Bertz CT molecular complexity index is 1210. The molecule has 1 atom stereocenters. The zero-order valence-electron chi connectivity index (χ0n) is 25.8. The minimum atomic E-state index is -0.457. The van der Waals surface area contributed by atoms with E-state index in [-0.39, 0.29) is 6.42 Å². The fourth-order valence-electron chi connectivity index (χ4n) is 4.20. The van der Waals surface area contributed by atoms with E-state index in [1.54, 1.807) is 0 Å². The molecule has 0 aromatic heterocycles. The first-order chi connectivity index (χ1) is 21.6. The summed E-state index contributed by atoms with van der Waals surface area (Å²) in [4.78, 5) is 22.8. The van der Waals surface area contributed by atoms with Gasteiger partial charge in [-0.25, -0.2) is 0 Å². The first-order valence-electron chi connectivity index (χ1n) is 14.8. The molecule has 0 bridgehead atoms. The van der Waals surface area contributed by atoms with E-state index in [1.165, 1.54) is 7.11 Å². The van der Waals surface area contributed by atoms with Crippen molar-refractivity contribution in [1.29, 1.82) is 0 Å². The fourth-order valence-corrected chi connectivity index (χ4v) is 4.20. The van der Waals surface area contributed by atoms with Gasteiger partial charge in [0.1, 0.15) is 12.4 Å². The maximum absolute atomic E-state index is 11.7. The van der Waals surface area contributed by atoms with E-state index in [0.717, 1.165) is 39.8 Å². The van der Waals surface area contributed by atoms with Crippen LogP contribution in [0.25, 0.3) is 21.9 Å². The van der Waals surface area contributed by atoms with Crippen molar-refractivity contribution in [1.82, 2.24) is 5.32 Å². The van der Waals surface area contributed by atoms with Crippen molar-refractivity contribution in [2.24, 2.45) is 11.5 Å². The summed E-state index contributed by atoms with van der Waals surface area (Å²) in [5.41, 5.74) is 13.1. The van der Waals surface area contributed by atoms with Gasteiger partial charge in [-0.2, -0.15) is 0 Å². The lowest BCUT2D eigenvalue weighted by Gasteiger charge is -2.16. The molecule has 0 radical (unpaired) electrons. The van der Waals surface area contributed by atoms with Gasteiger partial charge < -0.3 is 45.2 Å². The van der Waals surface area contributed by atoms with Gasteiger partial charge in [0.2, 0.25) is 6.41 Å². The number of methoxy groups -OCH3 is 1. The molecule has 3 aromatic carbocycles. The second-order valence-electron chi connectivity index (χ2n) is 9.39. The van der Waals surface area contributed by atoms with Crippen LogP contribution in [0, 0.1) is 0 Å². The fraction of sp³-hybridized carbons (Fsp3) is 0.455. The molecular weight excluding hydrogens is 566 g/mol. The zero-order chi connectivity index (χ0) is 31.8. The van der Waals surface area contributed by atoms with Crippen molar-refractivity contribution in [3.05, 3.63) is 66.2 Å². The summed E-state index contributed by atoms with van der Waals surface area (Å²) in [5.74, 6) is 0.387. The Kier molecular flexibility index (Phi) is 19.0. The zero-order valence-corrected chi connectivity index (χ0v) is 25.8. The Labute approximate surface area is 260 Å². The minimum absolute atomic E-state index is 0.0573. The molecule has 3 rings (SSSR count). The smallest absolute Gasteiger partial charge is 0.307 e. The molecule has 0 heterocycles. The van der Waals surface area contributed by atoms with Crippen LogP contribution in [0.3, 0.4) is 0 Å². The van der Waals surface area contributed by atoms with Crippen LogP contribution in [0.2, 0.25) is 0 Å². The molecule has 0 aliphatic carbocycles. The van der Waals surface area contributed by atoms with Crippen molar-refractivity contribution in [2.45, 2.75) is 19.4 Å². The Morgan fingerprint density at radius 3 is 1.86 bits per heavy atom. The molecule has 11 heteroatoms. The number of amides is 1. The van der Waals surface area contributed by atoms with Gasteiger partial charge in [-0.15, -0.1) is 0 Å². The van der Waals surface area contributed by atoms with Gasteiger partial charge in [0.25, 0.3) is 0 Å². The molecule has 242 valence electrons.